The summed E-state index contributed by atoms with van der Waals surface area (Å²) in [5.74, 6) is 4.35. The highest BCUT2D eigenvalue weighted by Crippen LogP contribution is 2.47. The smallest absolute Gasteiger partial charge is 0.191 e. The first-order valence-electron chi connectivity index (χ1n) is 10.3. The lowest BCUT2D eigenvalue weighted by molar-refractivity contribution is 0.392. The second-order valence-corrected chi connectivity index (χ2v) is 7.59. The monoisotopic (exact) mass is 494 g/mol. The van der Waals surface area contributed by atoms with Crippen LogP contribution in [0.2, 0.25) is 0 Å². The molecule has 2 aromatic rings. The molecule has 0 radical (unpaired) electrons. The van der Waals surface area contributed by atoms with Gasteiger partial charge >= 0.3 is 0 Å². The van der Waals surface area contributed by atoms with Crippen LogP contribution in [0.5, 0.6) is 0 Å². The first kappa shape index (κ1) is 21.1. The van der Waals surface area contributed by atoms with Gasteiger partial charge in [-0.2, -0.15) is 5.10 Å². The van der Waals surface area contributed by atoms with E-state index in [1.807, 2.05) is 0 Å². The first-order valence-corrected chi connectivity index (χ1v) is 10.3. The Hall–Kier alpha value is -1.64. The molecule has 0 amide bonds. The van der Waals surface area contributed by atoms with Crippen LogP contribution >= 0.6 is 24.0 Å². The lowest BCUT2D eigenvalue weighted by atomic mass is 10.1. The molecule has 0 saturated heterocycles. The number of rotatable bonds is 6. The number of fused-ring (bicyclic) bond motifs is 1. The van der Waals surface area contributed by atoms with Gasteiger partial charge in [0, 0.05) is 32.0 Å². The van der Waals surface area contributed by atoms with E-state index in [-0.39, 0.29) is 24.0 Å². The quantitative estimate of drug-likeness (QED) is 0.368. The highest BCUT2D eigenvalue weighted by Gasteiger charge is 2.37. The standard InChI is InChI=1S/C21H30N6.HI/c1-3-19-25-20-11-10-17(14-27(20)26-19)24-21(22-4-2)23-13-16-12-18(16)15-8-6-5-7-9-15;/h5-9,16-18H,3-4,10-14H2,1-2H3,(H2,22,23,24);1H. The van der Waals surface area contributed by atoms with Crippen LogP contribution in [0.1, 0.15) is 49.8 Å². The summed E-state index contributed by atoms with van der Waals surface area (Å²) < 4.78 is 2.07. The summed E-state index contributed by atoms with van der Waals surface area (Å²) in [6.45, 7) is 6.84. The third-order valence-electron chi connectivity index (χ3n) is 5.54. The van der Waals surface area contributed by atoms with Gasteiger partial charge in [-0.25, -0.2) is 9.67 Å². The molecule has 7 heteroatoms. The van der Waals surface area contributed by atoms with E-state index in [1.165, 1.54) is 12.0 Å². The molecule has 1 fully saturated rings. The molecule has 1 aliphatic carbocycles. The lowest BCUT2D eigenvalue weighted by Gasteiger charge is -2.25. The molecule has 28 heavy (non-hydrogen) atoms. The van der Waals surface area contributed by atoms with E-state index in [0.717, 1.165) is 56.5 Å². The Kier molecular flexibility index (Phi) is 7.31. The third-order valence-corrected chi connectivity index (χ3v) is 5.54. The summed E-state index contributed by atoms with van der Waals surface area (Å²) in [6, 6.07) is 11.2. The fraction of sp³-hybridized carbons (Fsp3) is 0.571. The van der Waals surface area contributed by atoms with Gasteiger partial charge in [0.05, 0.1) is 6.54 Å². The average molecular weight is 494 g/mol. The van der Waals surface area contributed by atoms with Gasteiger partial charge in [-0.3, -0.25) is 4.99 Å². The molecule has 1 saturated carbocycles. The molecule has 1 aromatic heterocycles. The van der Waals surface area contributed by atoms with Crippen molar-refractivity contribution in [3.05, 3.63) is 47.5 Å². The van der Waals surface area contributed by atoms with Gasteiger partial charge in [0.2, 0.25) is 0 Å². The van der Waals surface area contributed by atoms with Gasteiger partial charge in [-0.1, -0.05) is 37.3 Å². The van der Waals surface area contributed by atoms with E-state index in [4.69, 9.17) is 4.99 Å². The number of hydrogen-bond acceptors (Lipinski definition) is 3. The summed E-state index contributed by atoms with van der Waals surface area (Å²) in [4.78, 5) is 9.47. The Morgan fingerprint density at radius 3 is 2.82 bits per heavy atom. The molecular weight excluding hydrogens is 463 g/mol. The molecule has 2 N–H and O–H groups in total. The first-order chi connectivity index (χ1) is 13.3. The lowest BCUT2D eigenvalue weighted by Crippen LogP contribution is -2.47. The Morgan fingerprint density at radius 2 is 2.07 bits per heavy atom. The normalized spacial score (nSPS) is 23.5. The van der Waals surface area contributed by atoms with E-state index in [1.54, 1.807) is 0 Å². The maximum atomic E-state index is 4.87. The SMILES string of the molecule is CCNC(=NCC1CC1c1ccccc1)NC1CCc2nc(CC)nn2C1.I. The fourth-order valence-electron chi connectivity index (χ4n) is 3.91. The molecule has 0 bridgehead atoms. The van der Waals surface area contributed by atoms with Crippen molar-refractivity contribution >= 4 is 29.9 Å². The minimum atomic E-state index is 0. The largest absolute Gasteiger partial charge is 0.357 e. The molecule has 3 atom stereocenters. The van der Waals surface area contributed by atoms with Crippen molar-refractivity contribution in [3.8, 4) is 0 Å². The second-order valence-electron chi connectivity index (χ2n) is 7.59. The van der Waals surface area contributed by atoms with Gasteiger partial charge in [-0.15, -0.1) is 24.0 Å². The topological polar surface area (TPSA) is 67.1 Å². The molecule has 3 unspecified atom stereocenters. The third kappa shape index (κ3) is 5.04. The number of aryl methyl sites for hydroxylation is 2. The number of guanidine groups is 1. The Balaban J connectivity index is 0.00000225. The van der Waals surface area contributed by atoms with Crippen LogP contribution in [0.25, 0.3) is 0 Å². The van der Waals surface area contributed by atoms with E-state index in [0.29, 0.717) is 17.9 Å². The maximum absolute atomic E-state index is 4.87. The molecule has 6 nitrogen and oxygen atoms in total. The van der Waals surface area contributed by atoms with Crippen LogP contribution in [0, 0.1) is 5.92 Å². The van der Waals surface area contributed by atoms with Crippen LogP contribution in [-0.2, 0) is 19.4 Å². The zero-order chi connectivity index (χ0) is 18.6. The van der Waals surface area contributed by atoms with Crippen molar-refractivity contribution in [1.82, 2.24) is 25.4 Å². The van der Waals surface area contributed by atoms with E-state index in [2.05, 4.69) is 69.6 Å². The van der Waals surface area contributed by atoms with Crippen molar-refractivity contribution in [2.24, 2.45) is 10.9 Å². The van der Waals surface area contributed by atoms with Gasteiger partial charge in [0.25, 0.3) is 0 Å². The summed E-state index contributed by atoms with van der Waals surface area (Å²) >= 11 is 0. The van der Waals surface area contributed by atoms with E-state index < -0.39 is 0 Å². The molecule has 0 spiro atoms. The van der Waals surface area contributed by atoms with Gasteiger partial charge in [0.1, 0.15) is 5.82 Å². The minimum Gasteiger partial charge on any atom is -0.357 e. The Bertz CT molecular complexity index is 787. The van der Waals surface area contributed by atoms with Gasteiger partial charge in [-0.05, 0) is 37.2 Å². The highest BCUT2D eigenvalue weighted by atomic mass is 127. The summed E-state index contributed by atoms with van der Waals surface area (Å²) in [6.07, 6.45) is 4.19. The molecule has 2 aliphatic rings. The van der Waals surface area contributed by atoms with Crippen LogP contribution in [0.15, 0.2) is 35.3 Å². The Labute approximate surface area is 184 Å². The number of benzene rings is 1. The molecular formula is C21H31IN6. The number of halogens is 1. The zero-order valence-corrected chi connectivity index (χ0v) is 19.1. The van der Waals surface area contributed by atoms with E-state index >= 15 is 0 Å². The van der Waals surface area contributed by atoms with Crippen LogP contribution in [0.4, 0.5) is 0 Å². The number of hydrogen-bond donors (Lipinski definition) is 2. The number of nitrogens with zero attached hydrogens (tertiary/aromatic N) is 4. The highest BCUT2D eigenvalue weighted by molar-refractivity contribution is 14.0. The molecule has 2 heterocycles. The van der Waals surface area contributed by atoms with Gasteiger partial charge in [0.15, 0.2) is 11.8 Å². The second kappa shape index (κ2) is 9.71. The summed E-state index contributed by atoms with van der Waals surface area (Å²) in [7, 11) is 0. The van der Waals surface area contributed by atoms with E-state index in [9.17, 15) is 0 Å². The maximum Gasteiger partial charge on any atom is 0.191 e. The Morgan fingerprint density at radius 1 is 1.25 bits per heavy atom. The molecule has 4 rings (SSSR count). The predicted octanol–water partition coefficient (Wildman–Crippen LogP) is 3.13. The van der Waals surface area contributed by atoms with Crippen LogP contribution in [-0.4, -0.2) is 39.9 Å². The zero-order valence-electron chi connectivity index (χ0n) is 16.8. The molecule has 1 aromatic carbocycles. The molecule has 1 aliphatic heterocycles. The van der Waals surface area contributed by atoms with Crippen molar-refractivity contribution in [2.75, 3.05) is 13.1 Å². The number of aromatic nitrogens is 3. The predicted molar refractivity (Wildman–Crippen MR) is 123 cm³/mol. The van der Waals surface area contributed by atoms with Crippen molar-refractivity contribution in [2.45, 2.75) is 58.0 Å². The van der Waals surface area contributed by atoms with Crippen LogP contribution in [0.3, 0.4) is 0 Å². The number of aliphatic imine (C=N–C) groups is 1. The van der Waals surface area contributed by atoms with Crippen LogP contribution < -0.4 is 10.6 Å². The number of nitrogens with one attached hydrogen (secondary N) is 2. The van der Waals surface area contributed by atoms with Gasteiger partial charge < -0.3 is 10.6 Å². The van der Waals surface area contributed by atoms with Crippen molar-refractivity contribution in [3.63, 3.8) is 0 Å². The van der Waals surface area contributed by atoms with Crippen molar-refractivity contribution < 1.29 is 0 Å². The summed E-state index contributed by atoms with van der Waals surface area (Å²) in [5.41, 5.74) is 1.45. The van der Waals surface area contributed by atoms with Crippen molar-refractivity contribution in [1.29, 1.82) is 0 Å². The average Bonchev–Trinajstić information content (AvgIpc) is 3.36. The summed E-state index contributed by atoms with van der Waals surface area (Å²) in [5, 5.41) is 11.6. The fourth-order valence-corrected chi connectivity index (χ4v) is 3.91. The molecule has 152 valence electrons. The minimum absolute atomic E-state index is 0.